The number of hydrogen-bond acceptors (Lipinski definition) is 4. The summed E-state index contributed by atoms with van der Waals surface area (Å²) in [7, 11) is 0. The minimum absolute atomic E-state index is 0.170. The Morgan fingerprint density at radius 1 is 1.53 bits per heavy atom. The van der Waals surface area contributed by atoms with Crippen LogP contribution in [0.25, 0.3) is 0 Å². The van der Waals surface area contributed by atoms with Crippen LogP contribution in [-0.2, 0) is 4.79 Å². The number of nitrogens with zero attached hydrogens (tertiary/aromatic N) is 1. The van der Waals surface area contributed by atoms with Gasteiger partial charge in [0.1, 0.15) is 0 Å². The van der Waals surface area contributed by atoms with Crippen LogP contribution in [0.2, 0.25) is 5.02 Å². The standard InChI is InChI=1S/C10H8ClNO3/c1-6(12-4-13)7-2-8(11)10-9(3-7)14-5-15-10/h2-3,6H,5H2,1H3. The maximum Gasteiger partial charge on any atom is 0.235 e. The Morgan fingerprint density at radius 3 is 3.07 bits per heavy atom. The van der Waals surface area contributed by atoms with Gasteiger partial charge in [0, 0.05) is 0 Å². The molecule has 0 saturated heterocycles. The summed E-state index contributed by atoms with van der Waals surface area (Å²) in [5.41, 5.74) is 0.799. The number of rotatable bonds is 2. The smallest absolute Gasteiger partial charge is 0.235 e. The summed E-state index contributed by atoms with van der Waals surface area (Å²) >= 11 is 5.97. The van der Waals surface area contributed by atoms with Gasteiger partial charge in [-0.05, 0) is 24.6 Å². The molecule has 1 aromatic rings. The van der Waals surface area contributed by atoms with Crippen LogP contribution in [0, 0.1) is 0 Å². The van der Waals surface area contributed by atoms with E-state index in [2.05, 4.69) is 4.99 Å². The van der Waals surface area contributed by atoms with Crippen LogP contribution in [0.3, 0.4) is 0 Å². The molecule has 1 unspecified atom stereocenters. The van der Waals surface area contributed by atoms with Crippen molar-refractivity contribution in [3.05, 3.63) is 22.7 Å². The molecule has 0 amide bonds. The predicted molar refractivity (Wildman–Crippen MR) is 54.1 cm³/mol. The minimum Gasteiger partial charge on any atom is -0.454 e. The first-order valence-corrected chi connectivity index (χ1v) is 4.76. The van der Waals surface area contributed by atoms with E-state index in [1.165, 1.54) is 6.08 Å². The van der Waals surface area contributed by atoms with Gasteiger partial charge in [-0.3, -0.25) is 0 Å². The van der Waals surface area contributed by atoms with Crippen molar-refractivity contribution >= 4 is 17.7 Å². The molecule has 1 atom stereocenters. The molecule has 1 aliphatic heterocycles. The first kappa shape index (κ1) is 10.0. The van der Waals surface area contributed by atoms with Crippen LogP contribution in [0.1, 0.15) is 18.5 Å². The Kier molecular flexibility index (Phi) is 2.62. The summed E-state index contributed by atoms with van der Waals surface area (Å²) in [4.78, 5) is 13.7. The molecule has 0 radical (unpaired) electrons. The lowest BCUT2D eigenvalue weighted by atomic mass is 10.1. The molecule has 2 rings (SSSR count). The van der Waals surface area contributed by atoms with E-state index in [1.54, 1.807) is 19.1 Å². The van der Waals surface area contributed by atoms with Gasteiger partial charge in [0.2, 0.25) is 12.9 Å². The first-order chi connectivity index (χ1) is 7.22. The summed E-state index contributed by atoms with van der Waals surface area (Å²) in [6, 6.07) is 3.19. The molecule has 1 heterocycles. The fourth-order valence-corrected chi connectivity index (χ4v) is 1.66. The highest BCUT2D eigenvalue weighted by molar-refractivity contribution is 6.32. The van der Waals surface area contributed by atoms with Crippen LogP contribution < -0.4 is 9.47 Å². The third-order valence-electron chi connectivity index (χ3n) is 2.18. The van der Waals surface area contributed by atoms with Gasteiger partial charge in [-0.15, -0.1) is 0 Å². The summed E-state index contributed by atoms with van der Waals surface area (Å²) in [5.74, 6) is 1.13. The highest BCUT2D eigenvalue weighted by Gasteiger charge is 2.19. The molecule has 1 aromatic carbocycles. The molecule has 0 fully saturated rings. The highest BCUT2D eigenvalue weighted by atomic mass is 35.5. The van der Waals surface area contributed by atoms with Crippen molar-refractivity contribution in [1.29, 1.82) is 0 Å². The third-order valence-corrected chi connectivity index (χ3v) is 2.46. The number of aliphatic imine (C=N–C) groups is 1. The predicted octanol–water partition coefficient (Wildman–Crippen LogP) is 2.47. The van der Waals surface area contributed by atoms with Gasteiger partial charge in [-0.1, -0.05) is 11.6 Å². The fourth-order valence-electron chi connectivity index (χ4n) is 1.38. The second kappa shape index (κ2) is 3.93. The highest BCUT2D eigenvalue weighted by Crippen LogP contribution is 2.41. The lowest BCUT2D eigenvalue weighted by molar-refractivity contribution is 0.174. The Balaban J connectivity index is 2.43. The number of fused-ring (bicyclic) bond motifs is 1. The normalized spacial score (nSPS) is 14.5. The molecule has 15 heavy (non-hydrogen) atoms. The number of benzene rings is 1. The summed E-state index contributed by atoms with van der Waals surface area (Å²) < 4.78 is 10.4. The SMILES string of the molecule is CC(N=C=O)c1cc(Cl)c2c(c1)OCO2. The van der Waals surface area contributed by atoms with Gasteiger partial charge in [-0.2, -0.15) is 4.99 Å². The lowest BCUT2D eigenvalue weighted by Gasteiger charge is -2.06. The average molecular weight is 226 g/mol. The van der Waals surface area contributed by atoms with Crippen LogP contribution in [-0.4, -0.2) is 12.9 Å². The zero-order chi connectivity index (χ0) is 10.8. The molecule has 78 valence electrons. The van der Waals surface area contributed by atoms with Crippen molar-refractivity contribution in [2.45, 2.75) is 13.0 Å². The largest absolute Gasteiger partial charge is 0.454 e. The molecule has 0 N–H and O–H groups in total. The summed E-state index contributed by atoms with van der Waals surface area (Å²) in [6.45, 7) is 1.95. The van der Waals surface area contributed by atoms with Crippen molar-refractivity contribution in [2.24, 2.45) is 4.99 Å². The molecule has 0 saturated carbocycles. The summed E-state index contributed by atoms with van der Waals surface area (Å²) in [5, 5.41) is 0.466. The molecule has 0 aliphatic carbocycles. The number of hydrogen-bond donors (Lipinski definition) is 0. The van der Waals surface area contributed by atoms with Crippen LogP contribution >= 0.6 is 11.6 Å². The van der Waals surface area contributed by atoms with Crippen LogP contribution in [0.15, 0.2) is 17.1 Å². The number of ether oxygens (including phenoxy) is 2. The molecular formula is C10H8ClNO3. The van der Waals surface area contributed by atoms with Crippen molar-refractivity contribution in [3.63, 3.8) is 0 Å². The quantitative estimate of drug-likeness (QED) is 0.574. The van der Waals surface area contributed by atoms with Gasteiger partial charge in [0.05, 0.1) is 11.1 Å². The number of isocyanates is 1. The van der Waals surface area contributed by atoms with Crippen molar-refractivity contribution in [3.8, 4) is 11.5 Å². The summed E-state index contributed by atoms with van der Waals surface area (Å²) in [6.07, 6.45) is 1.51. The second-order valence-electron chi connectivity index (χ2n) is 3.13. The molecule has 1 aliphatic rings. The fraction of sp³-hybridized carbons (Fsp3) is 0.300. The van der Waals surface area contributed by atoms with Crippen molar-refractivity contribution < 1.29 is 14.3 Å². The lowest BCUT2D eigenvalue weighted by Crippen LogP contribution is -1.93. The van der Waals surface area contributed by atoms with E-state index in [0.717, 1.165) is 5.56 Å². The van der Waals surface area contributed by atoms with E-state index in [-0.39, 0.29) is 12.8 Å². The Hall–Kier alpha value is -1.51. The molecule has 4 nitrogen and oxygen atoms in total. The Morgan fingerprint density at radius 2 is 2.33 bits per heavy atom. The molecule has 0 spiro atoms. The first-order valence-electron chi connectivity index (χ1n) is 4.38. The van der Waals surface area contributed by atoms with E-state index in [9.17, 15) is 4.79 Å². The van der Waals surface area contributed by atoms with Crippen LogP contribution in [0.4, 0.5) is 0 Å². The zero-order valence-electron chi connectivity index (χ0n) is 7.99. The Labute approximate surface area is 91.5 Å². The third kappa shape index (κ3) is 1.82. The average Bonchev–Trinajstić information content (AvgIpc) is 2.66. The molecule has 5 heteroatoms. The van der Waals surface area contributed by atoms with E-state index in [1.807, 2.05) is 0 Å². The molecule has 0 bridgehead atoms. The van der Waals surface area contributed by atoms with Gasteiger partial charge in [0.25, 0.3) is 0 Å². The van der Waals surface area contributed by atoms with Gasteiger partial charge in [0.15, 0.2) is 11.5 Å². The molecular weight excluding hydrogens is 218 g/mol. The van der Waals surface area contributed by atoms with Crippen molar-refractivity contribution in [1.82, 2.24) is 0 Å². The van der Waals surface area contributed by atoms with Gasteiger partial charge in [-0.25, -0.2) is 4.79 Å². The number of carbonyl (C=O) groups excluding carboxylic acids is 1. The topological polar surface area (TPSA) is 47.9 Å². The van der Waals surface area contributed by atoms with E-state index < -0.39 is 0 Å². The van der Waals surface area contributed by atoms with E-state index in [4.69, 9.17) is 21.1 Å². The maximum absolute atomic E-state index is 10.1. The number of halogens is 1. The van der Waals surface area contributed by atoms with E-state index >= 15 is 0 Å². The molecule has 0 aromatic heterocycles. The zero-order valence-corrected chi connectivity index (χ0v) is 8.75. The van der Waals surface area contributed by atoms with Crippen LogP contribution in [0.5, 0.6) is 11.5 Å². The van der Waals surface area contributed by atoms with E-state index in [0.29, 0.717) is 16.5 Å². The maximum atomic E-state index is 10.1. The minimum atomic E-state index is -0.283. The van der Waals surface area contributed by atoms with Gasteiger partial charge < -0.3 is 9.47 Å². The second-order valence-corrected chi connectivity index (χ2v) is 3.54. The Bertz CT molecular complexity index is 441. The monoisotopic (exact) mass is 225 g/mol. The van der Waals surface area contributed by atoms with Crippen molar-refractivity contribution in [2.75, 3.05) is 6.79 Å². The van der Waals surface area contributed by atoms with Gasteiger partial charge >= 0.3 is 0 Å².